The summed E-state index contributed by atoms with van der Waals surface area (Å²) in [5.74, 6) is -1.33. The molecular weight excluding hydrogens is 360 g/mol. The molecule has 0 saturated carbocycles. The highest BCUT2D eigenvalue weighted by atomic mass is 32.2. The Bertz CT molecular complexity index is 903. The van der Waals surface area contributed by atoms with Crippen LogP contribution in [0.25, 0.3) is 11.0 Å². The van der Waals surface area contributed by atoms with E-state index in [2.05, 4.69) is 10.0 Å². The van der Waals surface area contributed by atoms with Crippen molar-refractivity contribution in [2.45, 2.75) is 32.2 Å². The number of amides is 1. The summed E-state index contributed by atoms with van der Waals surface area (Å²) in [6.45, 7) is 1.85. The Morgan fingerprint density at radius 3 is 2.62 bits per heavy atom. The summed E-state index contributed by atoms with van der Waals surface area (Å²) in [4.78, 5) is 23.1. The largest absolute Gasteiger partial charge is 0.480 e. The average Bonchev–Trinajstić information content (AvgIpc) is 2.99. The maximum atomic E-state index is 12.0. The molecule has 0 spiro atoms. The summed E-state index contributed by atoms with van der Waals surface area (Å²) >= 11 is 0. The van der Waals surface area contributed by atoms with Crippen LogP contribution in [0.2, 0.25) is 0 Å². The first-order valence-corrected chi connectivity index (χ1v) is 9.88. The highest BCUT2D eigenvalue weighted by molar-refractivity contribution is 7.89. The van der Waals surface area contributed by atoms with E-state index < -0.39 is 22.0 Å². The normalized spacial score (nSPS) is 12.8. The molecule has 0 fully saturated rings. The van der Waals surface area contributed by atoms with E-state index >= 15 is 0 Å². The van der Waals surface area contributed by atoms with Gasteiger partial charge in [0.05, 0.1) is 5.75 Å². The number of aliphatic carboxylic acids is 1. The van der Waals surface area contributed by atoms with Gasteiger partial charge in [-0.2, -0.15) is 0 Å². The van der Waals surface area contributed by atoms with Crippen LogP contribution in [-0.4, -0.2) is 44.2 Å². The molecule has 1 heterocycles. The Kier molecular flexibility index (Phi) is 6.38. The molecule has 0 radical (unpaired) electrons. The number of hydrogen-bond acceptors (Lipinski definition) is 5. The van der Waals surface area contributed by atoms with E-state index in [0.717, 1.165) is 0 Å². The summed E-state index contributed by atoms with van der Waals surface area (Å²) in [5.41, 5.74) is 0.938. The number of carboxylic acids is 1. The second-order valence-electron chi connectivity index (χ2n) is 5.93. The van der Waals surface area contributed by atoms with Gasteiger partial charge in [-0.05, 0) is 30.7 Å². The van der Waals surface area contributed by atoms with E-state index in [0.29, 0.717) is 35.1 Å². The molecule has 1 amide bonds. The standard InChI is InChI=1S/C17H22N2O6S/c1-3-4-7-26(23,24)19-14(17(21)22)10-13-9-12-8-11(16(20)18-2)5-6-15(12)25-13/h5-6,8-9,14,19H,3-4,7,10H2,1-2H3,(H,18,20)(H,21,22). The van der Waals surface area contributed by atoms with Gasteiger partial charge in [-0.25, -0.2) is 13.1 Å². The lowest BCUT2D eigenvalue weighted by atomic mass is 10.1. The minimum Gasteiger partial charge on any atom is -0.480 e. The maximum absolute atomic E-state index is 12.0. The van der Waals surface area contributed by atoms with Gasteiger partial charge in [0.15, 0.2) is 0 Å². The molecule has 2 rings (SSSR count). The fraction of sp³-hybridized carbons (Fsp3) is 0.412. The summed E-state index contributed by atoms with van der Waals surface area (Å²) in [6, 6.07) is 5.12. The number of carboxylic acid groups (broad SMARTS) is 1. The van der Waals surface area contributed by atoms with Crippen LogP contribution in [0.5, 0.6) is 0 Å². The Morgan fingerprint density at radius 1 is 1.27 bits per heavy atom. The maximum Gasteiger partial charge on any atom is 0.322 e. The molecule has 0 aliphatic rings. The van der Waals surface area contributed by atoms with Crippen molar-refractivity contribution < 1.29 is 27.5 Å². The van der Waals surface area contributed by atoms with E-state index in [4.69, 9.17) is 4.42 Å². The zero-order valence-corrected chi connectivity index (χ0v) is 15.4. The molecule has 0 aliphatic carbocycles. The van der Waals surface area contributed by atoms with Crippen molar-refractivity contribution in [2.75, 3.05) is 12.8 Å². The van der Waals surface area contributed by atoms with Crippen LogP contribution < -0.4 is 10.0 Å². The van der Waals surface area contributed by atoms with Crippen molar-refractivity contribution in [1.82, 2.24) is 10.0 Å². The number of carbonyl (C=O) groups is 2. The summed E-state index contributed by atoms with van der Waals surface area (Å²) < 4.78 is 31.7. The van der Waals surface area contributed by atoms with Crippen LogP contribution in [-0.2, 0) is 21.2 Å². The molecule has 0 saturated heterocycles. The minimum atomic E-state index is -3.68. The first-order chi connectivity index (χ1) is 12.3. The monoisotopic (exact) mass is 382 g/mol. The summed E-state index contributed by atoms with van der Waals surface area (Å²) in [7, 11) is -2.16. The zero-order chi connectivity index (χ0) is 19.3. The van der Waals surface area contributed by atoms with Gasteiger partial charge in [0.25, 0.3) is 5.91 Å². The van der Waals surface area contributed by atoms with Crippen LogP contribution in [0.15, 0.2) is 28.7 Å². The van der Waals surface area contributed by atoms with Gasteiger partial charge < -0.3 is 14.8 Å². The Morgan fingerprint density at radius 2 is 2.00 bits per heavy atom. The van der Waals surface area contributed by atoms with Crippen molar-refractivity contribution in [1.29, 1.82) is 0 Å². The van der Waals surface area contributed by atoms with E-state index in [1.807, 2.05) is 6.92 Å². The van der Waals surface area contributed by atoms with Gasteiger partial charge in [-0.1, -0.05) is 13.3 Å². The van der Waals surface area contributed by atoms with E-state index in [1.165, 1.54) is 7.05 Å². The van der Waals surface area contributed by atoms with Crippen LogP contribution in [0.1, 0.15) is 35.9 Å². The number of sulfonamides is 1. The van der Waals surface area contributed by atoms with E-state index in [9.17, 15) is 23.1 Å². The number of rotatable bonds is 9. The SMILES string of the molecule is CCCCS(=O)(=O)NC(Cc1cc2cc(C(=O)NC)ccc2o1)C(=O)O. The number of unbranched alkanes of at least 4 members (excludes halogenated alkanes) is 1. The van der Waals surface area contributed by atoms with Gasteiger partial charge in [-0.15, -0.1) is 0 Å². The zero-order valence-electron chi connectivity index (χ0n) is 14.6. The molecule has 1 unspecified atom stereocenters. The van der Waals surface area contributed by atoms with Crippen molar-refractivity contribution >= 4 is 32.9 Å². The Hall–Kier alpha value is -2.39. The highest BCUT2D eigenvalue weighted by Crippen LogP contribution is 2.22. The summed E-state index contributed by atoms with van der Waals surface area (Å²) in [5, 5.41) is 12.5. The number of carbonyl (C=O) groups excluding carboxylic acids is 1. The lowest BCUT2D eigenvalue weighted by Gasteiger charge is -2.13. The van der Waals surface area contributed by atoms with Crippen molar-refractivity contribution in [3.8, 4) is 0 Å². The van der Waals surface area contributed by atoms with Crippen LogP contribution >= 0.6 is 0 Å². The third-order valence-corrected chi connectivity index (χ3v) is 5.32. The molecule has 1 aromatic heterocycles. The van der Waals surface area contributed by atoms with Crippen LogP contribution in [0.4, 0.5) is 0 Å². The molecule has 3 N–H and O–H groups in total. The van der Waals surface area contributed by atoms with Crippen molar-refractivity contribution in [3.63, 3.8) is 0 Å². The van der Waals surface area contributed by atoms with Crippen LogP contribution in [0, 0.1) is 0 Å². The molecule has 2 aromatic rings. The van der Waals surface area contributed by atoms with Gasteiger partial charge >= 0.3 is 5.97 Å². The first-order valence-electron chi connectivity index (χ1n) is 8.23. The number of benzene rings is 1. The molecule has 0 bridgehead atoms. The van der Waals surface area contributed by atoms with Gasteiger partial charge in [0.1, 0.15) is 17.4 Å². The predicted octanol–water partition coefficient (Wildman–Crippen LogP) is 1.51. The van der Waals surface area contributed by atoms with Crippen molar-refractivity contribution in [2.24, 2.45) is 0 Å². The fourth-order valence-corrected chi connectivity index (χ4v) is 3.88. The molecule has 142 valence electrons. The molecule has 1 aromatic carbocycles. The van der Waals surface area contributed by atoms with Crippen LogP contribution in [0.3, 0.4) is 0 Å². The Balaban J connectivity index is 2.20. The summed E-state index contributed by atoms with van der Waals surface area (Å²) in [6.07, 6.45) is 1.01. The minimum absolute atomic E-state index is 0.122. The predicted molar refractivity (Wildman–Crippen MR) is 96.6 cm³/mol. The fourth-order valence-electron chi connectivity index (χ4n) is 2.48. The Labute approximate surface area is 151 Å². The highest BCUT2D eigenvalue weighted by Gasteiger charge is 2.25. The number of nitrogens with one attached hydrogen (secondary N) is 2. The molecule has 26 heavy (non-hydrogen) atoms. The molecular formula is C17H22N2O6S. The van der Waals surface area contributed by atoms with E-state index in [-0.39, 0.29) is 18.1 Å². The molecule has 9 heteroatoms. The lowest BCUT2D eigenvalue weighted by molar-refractivity contribution is -0.139. The molecule has 8 nitrogen and oxygen atoms in total. The van der Waals surface area contributed by atoms with Gasteiger partial charge in [0, 0.05) is 24.4 Å². The average molecular weight is 382 g/mol. The first kappa shape index (κ1) is 19.9. The second kappa shape index (κ2) is 8.33. The second-order valence-corrected chi connectivity index (χ2v) is 7.80. The number of hydrogen-bond donors (Lipinski definition) is 3. The number of fused-ring (bicyclic) bond motifs is 1. The topological polar surface area (TPSA) is 126 Å². The van der Waals surface area contributed by atoms with Crippen molar-refractivity contribution in [3.05, 3.63) is 35.6 Å². The van der Waals surface area contributed by atoms with E-state index in [1.54, 1.807) is 24.3 Å². The molecule has 0 aliphatic heterocycles. The number of furan rings is 1. The quantitative estimate of drug-likeness (QED) is 0.603. The lowest BCUT2D eigenvalue weighted by Crippen LogP contribution is -2.43. The smallest absolute Gasteiger partial charge is 0.322 e. The third-order valence-electron chi connectivity index (χ3n) is 3.85. The third kappa shape index (κ3) is 5.06. The molecule has 1 atom stereocenters. The van der Waals surface area contributed by atoms with Gasteiger partial charge in [0.2, 0.25) is 10.0 Å². The van der Waals surface area contributed by atoms with Gasteiger partial charge in [-0.3, -0.25) is 9.59 Å².